The molecule has 0 aliphatic heterocycles. The van der Waals surface area contributed by atoms with Crippen LogP contribution in [0.5, 0.6) is 5.75 Å². The van der Waals surface area contributed by atoms with Gasteiger partial charge in [-0.3, -0.25) is 4.79 Å². The molecule has 162 valence electrons. The first-order valence-electron chi connectivity index (χ1n) is 10.9. The molecule has 0 saturated heterocycles. The molecule has 0 aliphatic rings. The largest absolute Gasteiger partial charge is 0.489 e. The third-order valence-electron chi connectivity index (χ3n) is 5.51. The highest BCUT2D eigenvalue weighted by molar-refractivity contribution is 6.05. The summed E-state index contributed by atoms with van der Waals surface area (Å²) in [5.74, 6) is 1.09. The molecule has 1 N–H and O–H groups in total. The maximum Gasteiger partial charge on any atom is 0.255 e. The van der Waals surface area contributed by atoms with Crippen LogP contribution in [0, 0.1) is 6.92 Å². The number of para-hydroxylation sites is 1. The predicted octanol–water partition coefficient (Wildman–Crippen LogP) is 7.25. The van der Waals surface area contributed by atoms with Gasteiger partial charge in [-0.1, -0.05) is 77.1 Å². The van der Waals surface area contributed by atoms with Crippen LogP contribution < -0.4 is 10.1 Å². The van der Waals surface area contributed by atoms with Gasteiger partial charge >= 0.3 is 0 Å². The molecule has 0 aromatic heterocycles. The van der Waals surface area contributed by atoms with Crippen molar-refractivity contribution in [3.05, 3.63) is 94.5 Å². The average molecular weight is 416 g/mol. The molecule has 3 aromatic rings. The van der Waals surface area contributed by atoms with Crippen molar-refractivity contribution in [1.29, 1.82) is 0 Å². The lowest BCUT2D eigenvalue weighted by molar-refractivity contribution is 0.102. The second-order valence-electron chi connectivity index (χ2n) is 9.41. The fourth-order valence-corrected chi connectivity index (χ4v) is 3.50. The van der Waals surface area contributed by atoms with E-state index >= 15 is 0 Å². The highest BCUT2D eigenvalue weighted by atomic mass is 16.5. The minimum atomic E-state index is -0.0959. The smallest absolute Gasteiger partial charge is 0.255 e. The van der Waals surface area contributed by atoms with E-state index in [1.165, 1.54) is 5.56 Å². The highest BCUT2D eigenvalue weighted by Gasteiger charge is 2.14. The van der Waals surface area contributed by atoms with Crippen LogP contribution in [0.2, 0.25) is 0 Å². The lowest BCUT2D eigenvalue weighted by Gasteiger charge is -2.19. The average Bonchev–Trinajstić information content (AvgIpc) is 2.73. The normalized spacial score (nSPS) is 11.5. The van der Waals surface area contributed by atoms with Gasteiger partial charge in [-0.15, -0.1) is 0 Å². The van der Waals surface area contributed by atoms with Crippen molar-refractivity contribution in [2.24, 2.45) is 0 Å². The van der Waals surface area contributed by atoms with E-state index < -0.39 is 0 Å². The number of carbonyl (C=O) groups excluding carboxylic acids is 1. The van der Waals surface area contributed by atoms with Gasteiger partial charge in [-0.2, -0.15) is 0 Å². The zero-order valence-electron chi connectivity index (χ0n) is 19.5. The molecule has 0 spiro atoms. The van der Waals surface area contributed by atoms with E-state index in [1.807, 2.05) is 55.5 Å². The Hall–Kier alpha value is -3.07. The van der Waals surface area contributed by atoms with E-state index in [2.05, 4.69) is 58.1 Å². The first-order chi connectivity index (χ1) is 14.6. The quantitative estimate of drug-likeness (QED) is 0.460. The molecule has 1 amide bonds. The SMILES string of the molecule is Cc1cccc(C(C)C)c1NC(=O)c1ccc(COc2ccc(C(C)(C)C)cc2)cc1. The summed E-state index contributed by atoms with van der Waals surface area (Å²) in [5.41, 5.74) is 6.20. The van der Waals surface area contributed by atoms with Crippen LogP contribution in [0.25, 0.3) is 0 Å². The lowest BCUT2D eigenvalue weighted by atomic mass is 9.87. The van der Waals surface area contributed by atoms with Crippen LogP contribution in [0.15, 0.2) is 66.7 Å². The maximum absolute atomic E-state index is 12.8. The molecule has 3 heteroatoms. The second-order valence-corrected chi connectivity index (χ2v) is 9.41. The van der Waals surface area contributed by atoms with Gasteiger partial charge in [0.25, 0.3) is 5.91 Å². The van der Waals surface area contributed by atoms with Crippen LogP contribution >= 0.6 is 0 Å². The topological polar surface area (TPSA) is 38.3 Å². The van der Waals surface area contributed by atoms with Gasteiger partial charge in [0.15, 0.2) is 0 Å². The van der Waals surface area contributed by atoms with Gasteiger partial charge in [-0.05, 0) is 64.8 Å². The van der Waals surface area contributed by atoms with E-state index in [1.54, 1.807) is 0 Å². The summed E-state index contributed by atoms with van der Waals surface area (Å²) >= 11 is 0. The van der Waals surface area contributed by atoms with Gasteiger partial charge in [0, 0.05) is 11.3 Å². The Morgan fingerprint density at radius 2 is 1.58 bits per heavy atom. The standard InChI is InChI=1S/C28H33NO2/c1-19(2)25-9-7-8-20(3)26(25)29-27(30)22-12-10-21(11-13-22)18-31-24-16-14-23(15-17-24)28(4,5)6/h7-17,19H,18H2,1-6H3,(H,29,30). The predicted molar refractivity (Wildman–Crippen MR) is 129 cm³/mol. The van der Waals surface area contributed by atoms with Gasteiger partial charge in [0.2, 0.25) is 0 Å². The minimum absolute atomic E-state index is 0.0959. The maximum atomic E-state index is 12.8. The summed E-state index contributed by atoms with van der Waals surface area (Å²) in [4.78, 5) is 12.8. The Balaban J connectivity index is 1.63. The van der Waals surface area contributed by atoms with Crippen molar-refractivity contribution in [2.75, 3.05) is 5.32 Å². The first-order valence-corrected chi connectivity index (χ1v) is 10.9. The molecule has 3 aromatic carbocycles. The number of hydrogen-bond acceptors (Lipinski definition) is 2. The number of nitrogens with one attached hydrogen (secondary N) is 1. The van der Waals surface area contributed by atoms with Crippen molar-refractivity contribution in [3.8, 4) is 5.75 Å². The van der Waals surface area contributed by atoms with Crippen molar-refractivity contribution < 1.29 is 9.53 Å². The number of amides is 1. The zero-order valence-corrected chi connectivity index (χ0v) is 19.5. The molecular weight excluding hydrogens is 382 g/mol. The minimum Gasteiger partial charge on any atom is -0.489 e. The van der Waals surface area contributed by atoms with E-state index in [4.69, 9.17) is 4.74 Å². The molecule has 0 unspecified atom stereocenters. The summed E-state index contributed by atoms with van der Waals surface area (Å²) in [6, 6.07) is 22.0. The van der Waals surface area contributed by atoms with Crippen LogP contribution in [0.1, 0.15) is 73.1 Å². The van der Waals surface area contributed by atoms with Crippen molar-refractivity contribution in [1.82, 2.24) is 0 Å². The summed E-state index contributed by atoms with van der Waals surface area (Å²) in [7, 11) is 0. The monoisotopic (exact) mass is 415 g/mol. The van der Waals surface area contributed by atoms with Crippen molar-refractivity contribution >= 4 is 11.6 Å². The molecule has 0 radical (unpaired) electrons. The van der Waals surface area contributed by atoms with Crippen molar-refractivity contribution in [2.45, 2.75) is 59.5 Å². The van der Waals surface area contributed by atoms with E-state index in [9.17, 15) is 4.79 Å². The lowest BCUT2D eigenvalue weighted by Crippen LogP contribution is -2.15. The third-order valence-corrected chi connectivity index (χ3v) is 5.51. The Labute approximate surface area is 186 Å². The Kier molecular flexibility index (Phi) is 6.84. The molecule has 3 nitrogen and oxygen atoms in total. The number of anilines is 1. The van der Waals surface area contributed by atoms with Crippen molar-refractivity contribution in [3.63, 3.8) is 0 Å². The van der Waals surface area contributed by atoms with Crippen LogP contribution in [0.4, 0.5) is 5.69 Å². The molecular formula is C28H33NO2. The summed E-state index contributed by atoms with van der Waals surface area (Å²) in [6.45, 7) is 13.4. The molecule has 0 aliphatic carbocycles. The molecule has 0 atom stereocenters. The number of carbonyl (C=O) groups is 1. The molecule has 0 heterocycles. The Morgan fingerprint density at radius 3 is 2.16 bits per heavy atom. The Morgan fingerprint density at radius 1 is 0.935 bits per heavy atom. The highest BCUT2D eigenvalue weighted by Crippen LogP contribution is 2.28. The summed E-state index contributed by atoms with van der Waals surface area (Å²) in [5, 5.41) is 3.10. The molecule has 31 heavy (non-hydrogen) atoms. The molecule has 0 saturated carbocycles. The van der Waals surface area contributed by atoms with Crippen LogP contribution in [-0.4, -0.2) is 5.91 Å². The van der Waals surface area contributed by atoms with Gasteiger partial charge in [0.1, 0.15) is 12.4 Å². The van der Waals surface area contributed by atoms with Gasteiger partial charge < -0.3 is 10.1 Å². The number of rotatable bonds is 6. The zero-order chi connectivity index (χ0) is 22.6. The van der Waals surface area contributed by atoms with Crippen LogP contribution in [0.3, 0.4) is 0 Å². The number of aryl methyl sites for hydroxylation is 1. The van der Waals surface area contributed by atoms with E-state index in [0.29, 0.717) is 18.1 Å². The number of benzene rings is 3. The molecule has 0 bridgehead atoms. The number of hydrogen-bond donors (Lipinski definition) is 1. The van der Waals surface area contributed by atoms with Gasteiger partial charge in [0.05, 0.1) is 0 Å². The van der Waals surface area contributed by atoms with Crippen LogP contribution in [-0.2, 0) is 12.0 Å². The summed E-state index contributed by atoms with van der Waals surface area (Å²) < 4.78 is 5.91. The fourth-order valence-electron chi connectivity index (χ4n) is 3.50. The third kappa shape index (κ3) is 5.75. The molecule has 0 fully saturated rings. The second kappa shape index (κ2) is 9.38. The Bertz CT molecular complexity index is 1030. The first kappa shape index (κ1) is 22.6. The van der Waals surface area contributed by atoms with E-state index in [0.717, 1.165) is 28.1 Å². The van der Waals surface area contributed by atoms with E-state index in [-0.39, 0.29) is 11.3 Å². The summed E-state index contributed by atoms with van der Waals surface area (Å²) in [6.07, 6.45) is 0. The number of ether oxygens (including phenoxy) is 1. The molecule has 3 rings (SSSR count). The van der Waals surface area contributed by atoms with Gasteiger partial charge in [-0.25, -0.2) is 0 Å². The fraction of sp³-hybridized carbons (Fsp3) is 0.321.